The van der Waals surface area contributed by atoms with Gasteiger partial charge < -0.3 is 11.1 Å². The molecule has 1 heterocycles. The maximum Gasteiger partial charge on any atom is 0.332 e. The summed E-state index contributed by atoms with van der Waals surface area (Å²) in [7, 11) is 1.46. The van der Waals surface area contributed by atoms with Crippen molar-refractivity contribution in [3.63, 3.8) is 0 Å². The third-order valence-electron chi connectivity index (χ3n) is 2.38. The normalized spacial score (nSPS) is 10.4. The van der Waals surface area contributed by atoms with Gasteiger partial charge >= 0.3 is 5.69 Å². The molecule has 0 spiro atoms. The van der Waals surface area contributed by atoms with Crippen molar-refractivity contribution in [3.8, 4) is 0 Å². The maximum atomic E-state index is 11.8. The van der Waals surface area contributed by atoms with E-state index in [1.54, 1.807) is 0 Å². The van der Waals surface area contributed by atoms with E-state index in [4.69, 9.17) is 5.73 Å². The molecule has 6 nitrogen and oxygen atoms in total. The van der Waals surface area contributed by atoms with Crippen LogP contribution in [0.15, 0.2) is 9.59 Å². The van der Waals surface area contributed by atoms with E-state index in [0.29, 0.717) is 18.8 Å². The van der Waals surface area contributed by atoms with Gasteiger partial charge in [-0.1, -0.05) is 6.92 Å². The first-order chi connectivity index (χ1) is 7.54. The fourth-order valence-electron chi connectivity index (χ4n) is 1.57. The summed E-state index contributed by atoms with van der Waals surface area (Å²) in [6, 6.07) is 0. The zero-order valence-electron chi connectivity index (χ0n) is 9.91. The molecule has 16 heavy (non-hydrogen) atoms. The molecule has 0 bridgehead atoms. The zero-order valence-corrected chi connectivity index (χ0v) is 9.91. The average Bonchev–Trinajstić information content (AvgIpc) is 2.28. The molecular weight excluding hydrogens is 208 g/mol. The Morgan fingerprint density at radius 2 is 1.94 bits per heavy atom. The number of aromatic nitrogens is 2. The van der Waals surface area contributed by atoms with Gasteiger partial charge in [0.1, 0.15) is 11.5 Å². The van der Waals surface area contributed by atoms with Gasteiger partial charge in [0.25, 0.3) is 5.56 Å². The van der Waals surface area contributed by atoms with E-state index in [1.807, 2.05) is 13.8 Å². The topological polar surface area (TPSA) is 82.0 Å². The summed E-state index contributed by atoms with van der Waals surface area (Å²) in [5.41, 5.74) is 5.37. The van der Waals surface area contributed by atoms with Gasteiger partial charge in [-0.2, -0.15) is 0 Å². The predicted molar refractivity (Wildman–Crippen MR) is 64.8 cm³/mol. The van der Waals surface area contributed by atoms with Gasteiger partial charge in [0.05, 0.1) is 0 Å². The van der Waals surface area contributed by atoms with Gasteiger partial charge in [-0.3, -0.25) is 13.9 Å². The average molecular weight is 226 g/mol. The first kappa shape index (κ1) is 12.4. The van der Waals surface area contributed by atoms with Crippen LogP contribution in [-0.4, -0.2) is 15.7 Å². The van der Waals surface area contributed by atoms with E-state index in [0.717, 1.165) is 11.0 Å². The van der Waals surface area contributed by atoms with Crippen LogP contribution in [0.5, 0.6) is 0 Å². The van der Waals surface area contributed by atoms with Crippen LogP contribution in [-0.2, 0) is 13.6 Å². The molecule has 1 aromatic heterocycles. The van der Waals surface area contributed by atoms with Crippen molar-refractivity contribution in [1.29, 1.82) is 0 Å². The lowest BCUT2D eigenvalue weighted by Gasteiger charge is -2.14. The van der Waals surface area contributed by atoms with Crippen molar-refractivity contribution in [2.75, 3.05) is 17.6 Å². The fraction of sp³-hybridized carbons (Fsp3) is 0.600. The second-order valence-electron chi connectivity index (χ2n) is 3.59. The molecule has 0 fully saturated rings. The van der Waals surface area contributed by atoms with Crippen molar-refractivity contribution in [3.05, 3.63) is 20.8 Å². The van der Waals surface area contributed by atoms with E-state index in [-0.39, 0.29) is 17.1 Å². The highest BCUT2D eigenvalue weighted by Crippen LogP contribution is 2.10. The van der Waals surface area contributed by atoms with Crippen LogP contribution in [0, 0.1) is 0 Å². The lowest BCUT2D eigenvalue weighted by molar-refractivity contribution is 0.600. The Morgan fingerprint density at radius 1 is 1.31 bits per heavy atom. The van der Waals surface area contributed by atoms with E-state index in [1.165, 1.54) is 11.6 Å². The van der Waals surface area contributed by atoms with E-state index in [2.05, 4.69) is 5.32 Å². The number of hydrogen-bond acceptors (Lipinski definition) is 4. The monoisotopic (exact) mass is 226 g/mol. The minimum absolute atomic E-state index is 0.219. The lowest BCUT2D eigenvalue weighted by Crippen LogP contribution is -2.40. The molecule has 0 aliphatic carbocycles. The Morgan fingerprint density at radius 3 is 2.44 bits per heavy atom. The smallest absolute Gasteiger partial charge is 0.332 e. The molecule has 3 N–H and O–H groups in total. The molecule has 0 saturated heterocycles. The summed E-state index contributed by atoms with van der Waals surface area (Å²) in [4.78, 5) is 23.5. The molecule has 0 radical (unpaired) electrons. The third-order valence-corrected chi connectivity index (χ3v) is 2.38. The molecule has 6 heteroatoms. The van der Waals surface area contributed by atoms with Crippen LogP contribution in [0.25, 0.3) is 0 Å². The Kier molecular flexibility index (Phi) is 3.76. The van der Waals surface area contributed by atoms with Crippen LogP contribution >= 0.6 is 0 Å². The van der Waals surface area contributed by atoms with Gasteiger partial charge in [0.15, 0.2) is 0 Å². The van der Waals surface area contributed by atoms with Gasteiger partial charge in [-0.25, -0.2) is 4.79 Å². The third kappa shape index (κ3) is 1.95. The highest BCUT2D eigenvalue weighted by atomic mass is 16.2. The van der Waals surface area contributed by atoms with Crippen LogP contribution in [0.3, 0.4) is 0 Å². The number of nitrogens with one attached hydrogen (secondary N) is 1. The van der Waals surface area contributed by atoms with Gasteiger partial charge in [0.2, 0.25) is 0 Å². The second-order valence-corrected chi connectivity index (χ2v) is 3.59. The van der Waals surface area contributed by atoms with Gasteiger partial charge in [-0.15, -0.1) is 0 Å². The van der Waals surface area contributed by atoms with E-state index < -0.39 is 0 Å². The van der Waals surface area contributed by atoms with Crippen molar-refractivity contribution in [1.82, 2.24) is 9.13 Å². The van der Waals surface area contributed by atoms with Crippen molar-refractivity contribution in [2.24, 2.45) is 7.05 Å². The molecule has 0 aliphatic rings. The first-order valence-electron chi connectivity index (χ1n) is 5.37. The minimum atomic E-state index is -0.378. The number of anilines is 2. The van der Waals surface area contributed by atoms with Crippen molar-refractivity contribution >= 4 is 11.5 Å². The summed E-state index contributed by atoms with van der Waals surface area (Å²) >= 11 is 0. The first-order valence-corrected chi connectivity index (χ1v) is 5.37. The van der Waals surface area contributed by atoms with Gasteiger partial charge in [-0.05, 0) is 13.3 Å². The summed E-state index contributed by atoms with van der Waals surface area (Å²) in [5, 5.41) is 2.89. The van der Waals surface area contributed by atoms with Crippen molar-refractivity contribution < 1.29 is 0 Å². The molecule has 0 aromatic carbocycles. The molecule has 0 amide bonds. The maximum absolute atomic E-state index is 11.8. The second kappa shape index (κ2) is 4.87. The zero-order chi connectivity index (χ0) is 12.3. The Balaban J connectivity index is 3.52. The van der Waals surface area contributed by atoms with Crippen LogP contribution in [0.4, 0.5) is 11.5 Å². The summed E-state index contributed by atoms with van der Waals surface area (Å²) in [6.45, 7) is 4.92. The van der Waals surface area contributed by atoms with E-state index >= 15 is 0 Å². The summed E-state index contributed by atoms with van der Waals surface area (Å²) in [5.74, 6) is 0.219. The molecule has 0 aliphatic heterocycles. The fourth-order valence-corrected chi connectivity index (χ4v) is 1.57. The molecule has 90 valence electrons. The largest absolute Gasteiger partial charge is 0.383 e. The number of rotatable bonds is 4. The van der Waals surface area contributed by atoms with Gasteiger partial charge in [0, 0.05) is 20.1 Å². The summed E-state index contributed by atoms with van der Waals surface area (Å²) < 4.78 is 2.49. The predicted octanol–water partition coefficient (Wildman–Crippen LogP) is -0.0290. The number of nitrogen functional groups attached to an aromatic ring is 1. The van der Waals surface area contributed by atoms with E-state index in [9.17, 15) is 9.59 Å². The Bertz CT molecular complexity index is 446. The Labute approximate surface area is 93.7 Å². The van der Waals surface area contributed by atoms with Crippen LogP contribution in [0.1, 0.15) is 20.3 Å². The molecule has 0 unspecified atom stereocenters. The molecule has 0 atom stereocenters. The van der Waals surface area contributed by atoms with Crippen LogP contribution in [0.2, 0.25) is 0 Å². The lowest BCUT2D eigenvalue weighted by atomic mass is 10.4. The number of hydrogen-bond donors (Lipinski definition) is 2. The molecule has 1 aromatic rings. The SMILES string of the molecule is CCCn1c(N)c(NCC)c(=O)n(C)c1=O. The highest BCUT2D eigenvalue weighted by Gasteiger charge is 2.13. The van der Waals surface area contributed by atoms with Crippen molar-refractivity contribution in [2.45, 2.75) is 26.8 Å². The highest BCUT2D eigenvalue weighted by molar-refractivity contribution is 5.60. The quantitative estimate of drug-likeness (QED) is 0.755. The molecule has 0 saturated carbocycles. The standard InChI is InChI=1S/C10H18N4O2/c1-4-6-14-8(11)7(12-5-2)9(15)13(3)10(14)16/h12H,4-6,11H2,1-3H3. The number of nitrogens with two attached hydrogens (primary N) is 1. The van der Waals surface area contributed by atoms with Crippen LogP contribution < -0.4 is 22.3 Å². The minimum Gasteiger partial charge on any atom is -0.383 e. The Hall–Kier alpha value is -1.72. The molecule has 1 rings (SSSR count). The molecular formula is C10H18N4O2. The summed E-state index contributed by atoms with van der Waals surface area (Å²) in [6.07, 6.45) is 0.786. The number of nitrogens with zero attached hydrogens (tertiary/aromatic N) is 2.